The summed E-state index contributed by atoms with van der Waals surface area (Å²) in [4.78, 5) is 12.1. The molecule has 0 aliphatic rings. The van der Waals surface area contributed by atoms with Gasteiger partial charge in [0.1, 0.15) is 0 Å². The van der Waals surface area contributed by atoms with Gasteiger partial charge in [0, 0.05) is 11.3 Å². The Morgan fingerprint density at radius 3 is 2.69 bits per heavy atom. The van der Waals surface area contributed by atoms with Gasteiger partial charge < -0.3 is 9.73 Å². The van der Waals surface area contributed by atoms with Crippen LogP contribution in [-0.4, -0.2) is 15.7 Å². The summed E-state index contributed by atoms with van der Waals surface area (Å²) in [5, 5.41) is 6.95. The number of amides is 1. The van der Waals surface area contributed by atoms with Crippen LogP contribution in [-0.2, 0) is 6.18 Å². The maximum Gasteiger partial charge on any atom is 0.416 e. The summed E-state index contributed by atoms with van der Waals surface area (Å²) in [7, 11) is 0. The van der Waals surface area contributed by atoms with Crippen molar-refractivity contribution >= 4 is 5.91 Å². The Hall–Kier alpha value is -3.03. The lowest BCUT2D eigenvalue weighted by Gasteiger charge is -2.14. The Kier molecular flexibility index (Phi) is 4.58. The van der Waals surface area contributed by atoms with Gasteiger partial charge in [0.25, 0.3) is 5.91 Å². The highest BCUT2D eigenvalue weighted by atomic mass is 19.4. The largest absolute Gasteiger partial charge is 0.459 e. The van der Waals surface area contributed by atoms with E-state index in [-0.39, 0.29) is 11.7 Å². The molecule has 5 nitrogen and oxygen atoms in total. The number of furan rings is 1. The first-order valence-corrected chi connectivity index (χ1v) is 7.84. The Labute approximate surface area is 147 Å². The van der Waals surface area contributed by atoms with E-state index in [4.69, 9.17) is 4.42 Å². The van der Waals surface area contributed by atoms with Crippen LogP contribution in [0.1, 0.15) is 40.3 Å². The standard InChI is InChI=1S/C18H16F3N3O2/c1-11(23-17(25)16-7-4-8-26-16)15-10-22-24(12(15)2)14-6-3-5-13(9-14)18(19,20)21/h3-11H,1-2H3,(H,23,25). The summed E-state index contributed by atoms with van der Waals surface area (Å²) in [6.45, 7) is 3.50. The van der Waals surface area contributed by atoms with Crippen molar-refractivity contribution in [2.45, 2.75) is 26.1 Å². The monoisotopic (exact) mass is 363 g/mol. The molecule has 1 aromatic carbocycles. The molecule has 2 aromatic heterocycles. The summed E-state index contributed by atoms with van der Waals surface area (Å²) < 4.78 is 45.2. The van der Waals surface area contributed by atoms with Gasteiger partial charge in [0.05, 0.1) is 29.8 Å². The third kappa shape index (κ3) is 3.49. The van der Waals surface area contributed by atoms with Gasteiger partial charge in [-0.25, -0.2) is 4.68 Å². The summed E-state index contributed by atoms with van der Waals surface area (Å²) in [5.74, 6) is -0.200. The van der Waals surface area contributed by atoms with Gasteiger partial charge in [-0.1, -0.05) is 6.07 Å². The van der Waals surface area contributed by atoms with E-state index in [0.29, 0.717) is 16.9 Å². The van der Waals surface area contributed by atoms with Gasteiger partial charge >= 0.3 is 6.18 Å². The highest BCUT2D eigenvalue weighted by molar-refractivity contribution is 5.91. The predicted octanol–water partition coefficient (Wildman–Crippen LogP) is 4.28. The lowest BCUT2D eigenvalue weighted by Crippen LogP contribution is -2.26. The summed E-state index contributed by atoms with van der Waals surface area (Å²) in [6, 6.07) is 7.68. The van der Waals surface area contributed by atoms with Gasteiger partial charge in [0.2, 0.25) is 0 Å². The normalized spacial score (nSPS) is 12.8. The third-order valence-electron chi connectivity index (χ3n) is 4.02. The minimum Gasteiger partial charge on any atom is -0.459 e. The van der Waals surface area contributed by atoms with E-state index in [0.717, 1.165) is 12.1 Å². The fourth-order valence-corrected chi connectivity index (χ4v) is 2.67. The molecule has 1 amide bonds. The minimum absolute atomic E-state index is 0.180. The summed E-state index contributed by atoms with van der Waals surface area (Å²) in [6.07, 6.45) is -1.50. The molecule has 3 aromatic rings. The van der Waals surface area contributed by atoms with Crippen molar-refractivity contribution in [3.8, 4) is 5.69 Å². The van der Waals surface area contributed by atoms with Crippen LogP contribution in [0.4, 0.5) is 13.2 Å². The maximum atomic E-state index is 12.9. The first-order valence-electron chi connectivity index (χ1n) is 7.84. The topological polar surface area (TPSA) is 60.1 Å². The second kappa shape index (κ2) is 6.70. The smallest absolute Gasteiger partial charge is 0.416 e. The van der Waals surface area contributed by atoms with Gasteiger partial charge in [0.15, 0.2) is 5.76 Å². The van der Waals surface area contributed by atoms with Gasteiger partial charge in [-0.2, -0.15) is 18.3 Å². The summed E-state index contributed by atoms with van der Waals surface area (Å²) in [5.41, 5.74) is 0.887. The molecule has 1 unspecified atom stereocenters. The molecule has 0 saturated heterocycles. The van der Waals surface area contributed by atoms with Crippen molar-refractivity contribution in [2.24, 2.45) is 0 Å². The van der Waals surface area contributed by atoms with Crippen molar-refractivity contribution in [1.82, 2.24) is 15.1 Å². The number of nitrogens with zero attached hydrogens (tertiary/aromatic N) is 2. The van der Waals surface area contributed by atoms with Gasteiger partial charge in [-0.05, 0) is 44.2 Å². The van der Waals surface area contributed by atoms with Crippen LogP contribution >= 0.6 is 0 Å². The van der Waals surface area contributed by atoms with Crippen LogP contribution in [0.15, 0.2) is 53.3 Å². The lowest BCUT2D eigenvalue weighted by atomic mass is 10.1. The Balaban J connectivity index is 1.85. The van der Waals surface area contributed by atoms with Crippen LogP contribution in [0, 0.1) is 6.92 Å². The molecule has 136 valence electrons. The number of benzene rings is 1. The number of carbonyl (C=O) groups excluding carboxylic acids is 1. The van der Waals surface area contributed by atoms with Crippen LogP contribution in [0.3, 0.4) is 0 Å². The number of hydrogen-bond acceptors (Lipinski definition) is 3. The fraction of sp³-hybridized carbons (Fsp3) is 0.222. The van der Waals surface area contributed by atoms with E-state index >= 15 is 0 Å². The molecule has 0 saturated carbocycles. The second-order valence-corrected chi connectivity index (χ2v) is 5.82. The minimum atomic E-state index is -4.43. The molecule has 0 radical (unpaired) electrons. The fourth-order valence-electron chi connectivity index (χ4n) is 2.67. The third-order valence-corrected chi connectivity index (χ3v) is 4.02. The van der Waals surface area contributed by atoms with Gasteiger partial charge in [-0.15, -0.1) is 0 Å². The van der Waals surface area contributed by atoms with Crippen LogP contribution < -0.4 is 5.32 Å². The molecule has 0 spiro atoms. The molecule has 3 rings (SSSR count). The number of aromatic nitrogens is 2. The van der Waals surface area contributed by atoms with E-state index in [9.17, 15) is 18.0 Å². The van der Waals surface area contributed by atoms with Crippen molar-refractivity contribution in [1.29, 1.82) is 0 Å². The van der Waals surface area contributed by atoms with E-state index in [1.807, 2.05) is 0 Å². The summed E-state index contributed by atoms with van der Waals surface area (Å²) >= 11 is 0. The van der Waals surface area contributed by atoms with E-state index in [2.05, 4.69) is 10.4 Å². The van der Waals surface area contributed by atoms with Crippen molar-refractivity contribution in [3.05, 3.63) is 71.4 Å². The zero-order valence-electron chi connectivity index (χ0n) is 14.0. The quantitative estimate of drug-likeness (QED) is 0.752. The molecular formula is C18H16F3N3O2. The number of rotatable bonds is 4. The number of alkyl halides is 3. The predicted molar refractivity (Wildman–Crippen MR) is 87.9 cm³/mol. The second-order valence-electron chi connectivity index (χ2n) is 5.82. The zero-order chi connectivity index (χ0) is 18.9. The van der Waals surface area contributed by atoms with E-state index < -0.39 is 17.8 Å². The molecule has 8 heteroatoms. The molecule has 26 heavy (non-hydrogen) atoms. The van der Waals surface area contributed by atoms with Crippen molar-refractivity contribution < 1.29 is 22.4 Å². The molecule has 1 N–H and O–H groups in total. The molecule has 0 bridgehead atoms. The highest BCUT2D eigenvalue weighted by Gasteiger charge is 2.30. The molecule has 0 aliphatic carbocycles. The SMILES string of the molecule is Cc1c(C(C)NC(=O)c2ccco2)cnn1-c1cccc(C(F)(F)F)c1. The Morgan fingerprint density at radius 1 is 1.27 bits per heavy atom. The van der Waals surface area contributed by atoms with E-state index in [1.54, 1.807) is 32.0 Å². The average Bonchev–Trinajstić information content (AvgIpc) is 3.23. The zero-order valence-corrected chi connectivity index (χ0v) is 14.0. The molecular weight excluding hydrogens is 347 g/mol. The average molecular weight is 363 g/mol. The number of nitrogens with one attached hydrogen (secondary N) is 1. The molecule has 0 fully saturated rings. The van der Waals surface area contributed by atoms with Crippen molar-refractivity contribution in [2.75, 3.05) is 0 Å². The highest BCUT2D eigenvalue weighted by Crippen LogP contribution is 2.31. The molecule has 2 heterocycles. The van der Waals surface area contributed by atoms with Gasteiger partial charge in [-0.3, -0.25) is 4.79 Å². The van der Waals surface area contributed by atoms with Crippen LogP contribution in [0.25, 0.3) is 5.69 Å². The lowest BCUT2D eigenvalue weighted by molar-refractivity contribution is -0.137. The first kappa shape index (κ1) is 17.8. The van der Waals surface area contributed by atoms with E-state index in [1.165, 1.54) is 23.2 Å². The Bertz CT molecular complexity index is 914. The molecule has 0 aliphatic heterocycles. The molecule has 1 atom stereocenters. The van der Waals surface area contributed by atoms with Crippen molar-refractivity contribution in [3.63, 3.8) is 0 Å². The van der Waals surface area contributed by atoms with Crippen LogP contribution in [0.2, 0.25) is 0 Å². The first-order chi connectivity index (χ1) is 12.3. The van der Waals surface area contributed by atoms with Crippen LogP contribution in [0.5, 0.6) is 0 Å². The number of hydrogen-bond donors (Lipinski definition) is 1. The Morgan fingerprint density at radius 2 is 2.04 bits per heavy atom. The maximum absolute atomic E-state index is 12.9. The number of halogens is 3. The number of carbonyl (C=O) groups is 1.